The molecule has 168 valence electrons. The maximum absolute atomic E-state index is 6.46. The molecule has 12 nitrogen and oxygen atoms in total. The lowest BCUT2D eigenvalue weighted by atomic mass is 11.9. The van der Waals surface area contributed by atoms with Crippen LogP contribution in [0.3, 0.4) is 0 Å². The van der Waals surface area contributed by atoms with Crippen molar-refractivity contribution in [3.63, 3.8) is 0 Å². The summed E-state index contributed by atoms with van der Waals surface area (Å²) in [7, 11) is -25.8. The molecule has 0 aromatic carbocycles. The van der Waals surface area contributed by atoms with Gasteiger partial charge in [-0.15, -0.1) is 0 Å². The predicted octanol–water partition coefficient (Wildman–Crippen LogP) is -0.648. The van der Waals surface area contributed by atoms with E-state index in [0.29, 0.717) is 0 Å². The van der Waals surface area contributed by atoms with E-state index in [2.05, 4.69) is 0 Å². The Hall–Kier alpha value is 1.47. The first-order valence-corrected chi connectivity index (χ1v) is 28.1. The molecule has 6 bridgehead atoms. The van der Waals surface area contributed by atoms with Gasteiger partial charge in [0.25, 0.3) is 10.0 Å². The van der Waals surface area contributed by atoms with Gasteiger partial charge in [0.15, 0.2) is 0 Å². The van der Waals surface area contributed by atoms with Crippen molar-refractivity contribution in [2.24, 2.45) is 0 Å². The van der Waals surface area contributed by atoms with Crippen molar-refractivity contribution in [3.8, 4) is 0 Å². The van der Waals surface area contributed by atoms with Crippen LogP contribution in [0.15, 0.2) is 0 Å². The molecule has 4 saturated heterocycles. The van der Waals surface area contributed by atoms with Gasteiger partial charge in [-0.2, -0.15) is 0 Å². The van der Waals surface area contributed by atoms with Crippen LogP contribution in [0.1, 0.15) is 0 Å². The second kappa shape index (κ2) is 7.23. The lowest BCUT2D eigenvalue weighted by Crippen LogP contribution is -2.81. The van der Waals surface area contributed by atoms with Gasteiger partial charge in [-0.1, -0.05) is 6.55 Å². The van der Waals surface area contributed by atoms with Crippen molar-refractivity contribution in [1.29, 1.82) is 0 Å². The van der Waals surface area contributed by atoms with Crippen LogP contribution in [0, 0.1) is 0 Å². The molecule has 4 heterocycles. The van der Waals surface area contributed by atoms with E-state index in [9.17, 15) is 0 Å². The maximum Gasteiger partial charge on any atom is 0.475 e. The molecule has 0 aromatic rings. The first-order chi connectivity index (χ1) is 13.1. The summed E-state index contributed by atoms with van der Waals surface area (Å²) < 4.78 is 76.1. The van der Waals surface area contributed by atoms with Gasteiger partial charge in [0.05, 0.1) is 0 Å². The molecule has 0 saturated carbocycles. The monoisotopic (exact) mass is 568 g/mol. The summed E-state index contributed by atoms with van der Waals surface area (Å²) in [6, 6.07) is 0. The molecule has 0 amide bonds. The minimum atomic E-state index is -3.42. The molecule has 0 spiro atoms. The summed E-state index contributed by atoms with van der Waals surface area (Å²) in [5.41, 5.74) is 0. The molecule has 4 aliphatic rings. The first kappa shape index (κ1) is 23.6. The summed E-state index contributed by atoms with van der Waals surface area (Å²) in [5.74, 6) is 0. The lowest BCUT2D eigenvalue weighted by molar-refractivity contribution is 0.0170. The normalized spacial score (nSPS) is 59.2. The Balaban J connectivity index is 1.90. The number of hydrogen-bond acceptors (Lipinski definition) is 12. The van der Waals surface area contributed by atoms with Gasteiger partial charge in [0, 0.05) is 45.8 Å². The van der Waals surface area contributed by atoms with E-state index in [1.807, 2.05) is 13.1 Å². The average Bonchev–Trinajstić information content (AvgIpc) is 2.37. The van der Waals surface area contributed by atoms with Crippen LogP contribution in [0.2, 0.25) is 52.4 Å². The van der Waals surface area contributed by atoms with Crippen molar-refractivity contribution < 1.29 is 49.4 Å². The second-order valence-electron chi connectivity index (χ2n) is 7.79. The van der Waals surface area contributed by atoms with E-state index in [4.69, 9.17) is 49.4 Å². The van der Waals surface area contributed by atoms with Crippen LogP contribution in [-0.4, -0.2) is 81.4 Å². The fraction of sp³-hybridized carbons (Fsp3) is 1.00. The van der Waals surface area contributed by atoms with Gasteiger partial charge in [-0.3, -0.25) is 0 Å². The first-order valence-electron chi connectivity index (χ1n) is 9.36. The molecule has 4 unspecified atom stereocenters. The predicted molar refractivity (Wildman–Crippen MR) is 117 cm³/mol. The Labute approximate surface area is 182 Å². The van der Waals surface area contributed by atoms with Gasteiger partial charge in [-0.05, 0) is 0 Å². The zero-order valence-electron chi connectivity index (χ0n) is 17.8. The molecule has 0 aliphatic carbocycles. The van der Waals surface area contributed by atoms with Crippen LogP contribution in [-0.2, 0) is 49.4 Å². The molecule has 4 rings (SSSR count). The topological polar surface area (TPSA) is 111 Å². The third-order valence-corrected chi connectivity index (χ3v) is 39.5. The molecule has 0 radical (unpaired) electrons. The Bertz CT molecular complexity index is 642. The summed E-state index contributed by atoms with van der Waals surface area (Å²) in [6.07, 6.45) is 0. The van der Waals surface area contributed by atoms with E-state index in [0.717, 1.165) is 0 Å². The molecule has 4 atom stereocenters. The Morgan fingerprint density at radius 1 is 0.517 bits per heavy atom. The SMILES string of the molecule is C[SiH2]O[Si]1(C)O[Si]2(C)O[Si]3(C)O[SiH2]O[Si]4(C)O[Si](C)(O1)O[Si](C)(O2)O[Si](C)(O3)O4. The number of fused-ring (bicyclic) bond motifs is 4. The van der Waals surface area contributed by atoms with Gasteiger partial charge in [0.1, 0.15) is 9.76 Å². The fourth-order valence-electron chi connectivity index (χ4n) is 4.03. The van der Waals surface area contributed by atoms with Crippen molar-refractivity contribution in [2.45, 2.75) is 52.4 Å². The smallest absolute Gasteiger partial charge is 0.423 e. The average molecular weight is 569 g/mol. The Morgan fingerprint density at radius 3 is 1.17 bits per heavy atom. The summed E-state index contributed by atoms with van der Waals surface area (Å²) >= 11 is 0. The van der Waals surface area contributed by atoms with Crippen molar-refractivity contribution in [3.05, 3.63) is 0 Å². The minimum Gasteiger partial charge on any atom is -0.423 e. The maximum atomic E-state index is 6.46. The van der Waals surface area contributed by atoms with E-state index in [-0.39, 0.29) is 0 Å². The highest BCUT2D eigenvalue weighted by atomic mass is 28.6. The number of hydrogen-bond donors (Lipinski definition) is 0. The highest BCUT2D eigenvalue weighted by Gasteiger charge is 2.73. The third-order valence-electron chi connectivity index (χ3n) is 4.39. The quantitative estimate of drug-likeness (QED) is 0.395. The van der Waals surface area contributed by atoms with E-state index in [1.54, 1.807) is 39.3 Å². The van der Waals surface area contributed by atoms with Crippen LogP contribution in [0.25, 0.3) is 0 Å². The molecule has 0 aromatic heterocycles. The number of rotatable bonds is 2. The standard InChI is InChI=1S/C8H28O12Si9/c1-21-9-23(2)12-26(5)14-24(3)10-22-11-25(4)15-27(6,13-23)19-29(8,18-26)20-28(7,16-24)17-25/h21-22H2,1-8H3. The third kappa shape index (κ3) is 4.89. The van der Waals surface area contributed by atoms with Gasteiger partial charge in [0.2, 0.25) is 0 Å². The van der Waals surface area contributed by atoms with Crippen LogP contribution in [0.4, 0.5) is 0 Å². The van der Waals surface area contributed by atoms with Crippen molar-refractivity contribution in [2.75, 3.05) is 0 Å². The van der Waals surface area contributed by atoms with Crippen LogP contribution in [0.5, 0.6) is 0 Å². The highest BCUT2D eigenvalue weighted by molar-refractivity contribution is 6.98. The van der Waals surface area contributed by atoms with Crippen LogP contribution < -0.4 is 0 Å². The van der Waals surface area contributed by atoms with E-state index >= 15 is 0 Å². The molecular weight excluding hydrogens is 541 g/mol. The summed E-state index contributed by atoms with van der Waals surface area (Å²) in [5, 5.41) is 0. The molecule has 4 aliphatic heterocycles. The van der Waals surface area contributed by atoms with Gasteiger partial charge < -0.3 is 49.4 Å². The van der Waals surface area contributed by atoms with Gasteiger partial charge in [-0.25, -0.2) is 0 Å². The van der Waals surface area contributed by atoms with E-state index in [1.165, 1.54) is 0 Å². The van der Waals surface area contributed by atoms with E-state index < -0.39 is 81.4 Å². The van der Waals surface area contributed by atoms with Crippen molar-refractivity contribution in [1.82, 2.24) is 0 Å². The molecular formula is C8H28O12Si9. The molecule has 0 N–H and O–H groups in total. The fourth-order valence-corrected chi connectivity index (χ4v) is 45.6. The highest BCUT2D eigenvalue weighted by Crippen LogP contribution is 2.42. The zero-order chi connectivity index (χ0) is 21.4. The molecule has 29 heavy (non-hydrogen) atoms. The Kier molecular flexibility index (Phi) is 5.89. The Morgan fingerprint density at radius 2 is 0.828 bits per heavy atom. The molecule has 21 heteroatoms. The molecule has 4 fully saturated rings. The second-order valence-corrected chi connectivity index (χ2v) is 31.5. The van der Waals surface area contributed by atoms with Gasteiger partial charge >= 0.3 is 61.6 Å². The summed E-state index contributed by atoms with van der Waals surface area (Å²) in [4.78, 5) is 0. The zero-order valence-corrected chi connectivity index (χ0v) is 27.6. The largest absolute Gasteiger partial charge is 0.475 e. The lowest BCUT2D eigenvalue weighted by Gasteiger charge is -2.56. The van der Waals surface area contributed by atoms with Crippen molar-refractivity contribution >= 4 is 81.4 Å². The van der Waals surface area contributed by atoms with Crippen LogP contribution >= 0.6 is 0 Å². The minimum absolute atomic E-state index is 0.880. The summed E-state index contributed by atoms with van der Waals surface area (Å²) in [6.45, 7) is 14.4.